The SMILES string of the molecule is O=C(OCc1ccccc1)Oc1cc2ccccc2n1C(=O)OCc1ccccc1. The van der Waals surface area contributed by atoms with Crippen LogP contribution in [0.5, 0.6) is 5.88 Å². The summed E-state index contributed by atoms with van der Waals surface area (Å²) >= 11 is 0. The predicted octanol–water partition coefficient (Wildman–Crippen LogP) is 5.54. The lowest BCUT2D eigenvalue weighted by Crippen LogP contribution is -2.18. The van der Waals surface area contributed by atoms with Crippen LogP contribution >= 0.6 is 0 Å². The molecule has 1 heterocycles. The predicted molar refractivity (Wildman–Crippen MR) is 111 cm³/mol. The smallest absolute Gasteiger partial charge is 0.444 e. The van der Waals surface area contributed by atoms with E-state index < -0.39 is 12.2 Å². The summed E-state index contributed by atoms with van der Waals surface area (Å²) in [5.74, 6) is 0.0346. The van der Waals surface area contributed by atoms with Crippen LogP contribution in [0, 0.1) is 0 Å². The molecule has 0 fully saturated rings. The fraction of sp³-hybridized carbons (Fsp3) is 0.0833. The highest BCUT2D eigenvalue weighted by Crippen LogP contribution is 2.26. The number of aromatic nitrogens is 1. The summed E-state index contributed by atoms with van der Waals surface area (Å²) in [7, 11) is 0. The Bertz CT molecular complexity index is 1150. The number of benzene rings is 3. The quantitative estimate of drug-likeness (QED) is 0.411. The molecule has 0 amide bonds. The third kappa shape index (κ3) is 4.50. The van der Waals surface area contributed by atoms with Crippen LogP contribution in [-0.4, -0.2) is 16.8 Å². The molecule has 3 aromatic carbocycles. The molecule has 0 atom stereocenters. The van der Waals surface area contributed by atoms with E-state index in [0.717, 1.165) is 16.5 Å². The molecule has 0 aliphatic rings. The summed E-state index contributed by atoms with van der Waals surface area (Å²) in [4.78, 5) is 25.0. The maximum absolute atomic E-state index is 12.8. The van der Waals surface area contributed by atoms with Gasteiger partial charge in [0.05, 0.1) is 5.52 Å². The van der Waals surface area contributed by atoms with Gasteiger partial charge in [0.25, 0.3) is 0 Å². The van der Waals surface area contributed by atoms with Crippen LogP contribution < -0.4 is 4.74 Å². The zero-order valence-electron chi connectivity index (χ0n) is 16.1. The van der Waals surface area contributed by atoms with Crippen LogP contribution in [0.4, 0.5) is 9.59 Å². The van der Waals surface area contributed by atoms with Crippen LogP contribution in [-0.2, 0) is 22.7 Å². The number of carbonyl (C=O) groups is 2. The molecule has 4 rings (SSSR count). The Balaban J connectivity index is 1.51. The van der Waals surface area contributed by atoms with Gasteiger partial charge >= 0.3 is 12.2 Å². The normalized spacial score (nSPS) is 10.5. The summed E-state index contributed by atoms with van der Waals surface area (Å²) < 4.78 is 17.1. The highest BCUT2D eigenvalue weighted by atomic mass is 16.7. The van der Waals surface area contributed by atoms with Crippen molar-refractivity contribution in [1.82, 2.24) is 4.57 Å². The average Bonchev–Trinajstić information content (AvgIpc) is 3.15. The van der Waals surface area contributed by atoms with Crippen molar-refractivity contribution in [2.75, 3.05) is 0 Å². The van der Waals surface area contributed by atoms with Crippen molar-refractivity contribution >= 4 is 23.2 Å². The van der Waals surface area contributed by atoms with Crippen LogP contribution in [0.2, 0.25) is 0 Å². The molecule has 0 aliphatic heterocycles. The van der Waals surface area contributed by atoms with Gasteiger partial charge < -0.3 is 14.2 Å². The van der Waals surface area contributed by atoms with E-state index in [9.17, 15) is 9.59 Å². The fourth-order valence-corrected chi connectivity index (χ4v) is 3.01. The van der Waals surface area contributed by atoms with Crippen LogP contribution in [0.3, 0.4) is 0 Å². The van der Waals surface area contributed by atoms with E-state index in [4.69, 9.17) is 14.2 Å². The Labute approximate surface area is 173 Å². The molecule has 0 radical (unpaired) electrons. The zero-order chi connectivity index (χ0) is 20.8. The van der Waals surface area contributed by atoms with E-state index in [1.54, 1.807) is 18.2 Å². The second-order valence-electron chi connectivity index (χ2n) is 6.54. The summed E-state index contributed by atoms with van der Waals surface area (Å²) in [6.07, 6.45) is -1.55. The Kier molecular flexibility index (Phi) is 5.75. The van der Waals surface area contributed by atoms with Crippen molar-refractivity contribution in [2.45, 2.75) is 13.2 Å². The molecule has 0 saturated carbocycles. The fourth-order valence-electron chi connectivity index (χ4n) is 3.01. The van der Waals surface area contributed by atoms with Crippen LogP contribution in [0.25, 0.3) is 10.9 Å². The van der Waals surface area contributed by atoms with Gasteiger partial charge in [0.2, 0.25) is 5.88 Å². The second-order valence-corrected chi connectivity index (χ2v) is 6.54. The van der Waals surface area contributed by atoms with Crippen LogP contribution in [0.15, 0.2) is 91.0 Å². The summed E-state index contributed by atoms with van der Waals surface area (Å²) in [6, 6.07) is 27.4. The first kappa shape index (κ1) is 19.3. The van der Waals surface area contributed by atoms with Crippen molar-refractivity contribution in [3.63, 3.8) is 0 Å². The lowest BCUT2D eigenvalue weighted by Gasteiger charge is -2.10. The second kappa shape index (κ2) is 8.96. The van der Waals surface area contributed by atoms with Crippen molar-refractivity contribution < 1.29 is 23.8 Å². The van der Waals surface area contributed by atoms with Crippen LogP contribution in [0.1, 0.15) is 11.1 Å². The monoisotopic (exact) mass is 401 g/mol. The number of rotatable bonds is 5. The van der Waals surface area contributed by atoms with E-state index in [-0.39, 0.29) is 19.1 Å². The van der Waals surface area contributed by atoms with Crippen molar-refractivity contribution in [1.29, 1.82) is 0 Å². The first-order valence-electron chi connectivity index (χ1n) is 9.41. The van der Waals surface area contributed by atoms with E-state index in [0.29, 0.717) is 5.52 Å². The van der Waals surface area contributed by atoms with Gasteiger partial charge in [-0.3, -0.25) is 0 Å². The summed E-state index contributed by atoms with van der Waals surface area (Å²) in [5.41, 5.74) is 2.26. The molecule has 1 aromatic heterocycles. The molecule has 0 N–H and O–H groups in total. The lowest BCUT2D eigenvalue weighted by molar-refractivity contribution is 0.0890. The number of carbonyl (C=O) groups excluding carboxylic acids is 2. The van der Waals surface area contributed by atoms with E-state index in [2.05, 4.69) is 0 Å². The molecule has 0 bridgehead atoms. The first-order chi connectivity index (χ1) is 14.7. The molecule has 0 saturated heterocycles. The Hall–Kier alpha value is -4.06. The molecule has 0 spiro atoms. The van der Waals surface area contributed by atoms with E-state index >= 15 is 0 Å². The topological polar surface area (TPSA) is 66.8 Å². The number of ether oxygens (including phenoxy) is 3. The molecule has 30 heavy (non-hydrogen) atoms. The first-order valence-corrected chi connectivity index (χ1v) is 9.41. The third-order valence-electron chi connectivity index (χ3n) is 4.45. The van der Waals surface area contributed by atoms with Crippen molar-refractivity contribution in [2.24, 2.45) is 0 Å². The molecule has 0 unspecified atom stereocenters. The van der Waals surface area contributed by atoms with Gasteiger partial charge in [-0.15, -0.1) is 0 Å². The highest BCUT2D eigenvalue weighted by Gasteiger charge is 2.20. The van der Waals surface area contributed by atoms with Gasteiger partial charge in [-0.1, -0.05) is 78.9 Å². The van der Waals surface area contributed by atoms with Gasteiger partial charge in [0, 0.05) is 11.5 Å². The van der Waals surface area contributed by atoms with Gasteiger partial charge in [-0.25, -0.2) is 14.2 Å². The molecular weight excluding hydrogens is 382 g/mol. The maximum atomic E-state index is 12.8. The average molecular weight is 401 g/mol. The molecule has 6 heteroatoms. The highest BCUT2D eigenvalue weighted by molar-refractivity contribution is 5.92. The Morgan fingerprint density at radius 3 is 1.93 bits per heavy atom. The minimum Gasteiger partial charge on any atom is -0.444 e. The minimum atomic E-state index is -0.904. The number of hydrogen-bond donors (Lipinski definition) is 0. The molecular formula is C24H19NO5. The summed E-state index contributed by atoms with van der Waals surface area (Å²) in [6.45, 7) is 0.169. The number of nitrogens with zero attached hydrogens (tertiary/aromatic N) is 1. The zero-order valence-corrected chi connectivity index (χ0v) is 16.1. The summed E-state index contributed by atoms with van der Waals surface area (Å²) in [5, 5.41) is 0.736. The third-order valence-corrected chi connectivity index (χ3v) is 4.45. The molecule has 6 nitrogen and oxygen atoms in total. The van der Waals surface area contributed by atoms with Gasteiger partial charge in [0.1, 0.15) is 13.2 Å². The number of hydrogen-bond acceptors (Lipinski definition) is 5. The minimum absolute atomic E-state index is 0.0346. The Morgan fingerprint density at radius 2 is 1.27 bits per heavy atom. The maximum Gasteiger partial charge on any atom is 0.515 e. The molecule has 4 aromatic rings. The van der Waals surface area contributed by atoms with Gasteiger partial charge in [0.15, 0.2) is 0 Å². The molecule has 0 aliphatic carbocycles. The number of fused-ring (bicyclic) bond motifs is 1. The Morgan fingerprint density at radius 1 is 0.700 bits per heavy atom. The number of para-hydroxylation sites is 1. The standard InChI is InChI=1S/C24H19NO5/c26-23(28-16-18-9-3-1-4-10-18)25-21-14-8-7-13-20(21)15-22(25)30-24(27)29-17-19-11-5-2-6-12-19/h1-15H,16-17H2. The van der Waals surface area contributed by atoms with E-state index in [1.165, 1.54) is 4.57 Å². The van der Waals surface area contributed by atoms with Crippen molar-refractivity contribution in [3.8, 4) is 5.88 Å². The largest absolute Gasteiger partial charge is 0.515 e. The van der Waals surface area contributed by atoms with Crippen molar-refractivity contribution in [3.05, 3.63) is 102 Å². The lowest BCUT2D eigenvalue weighted by atomic mass is 10.2. The molecule has 150 valence electrons. The van der Waals surface area contributed by atoms with Gasteiger partial charge in [-0.2, -0.15) is 0 Å². The van der Waals surface area contributed by atoms with Gasteiger partial charge in [-0.05, 0) is 17.2 Å². The van der Waals surface area contributed by atoms with E-state index in [1.807, 2.05) is 72.8 Å².